The molecule has 5 heteroatoms. The van der Waals surface area contributed by atoms with E-state index in [2.05, 4.69) is 13.5 Å². The number of carbonyl (C=O) groups is 1. The SMILES string of the molecule is C=CC(=O)OC(C)CC[Si](CC)(OC)OC. The van der Waals surface area contributed by atoms with E-state index in [-0.39, 0.29) is 12.1 Å². The van der Waals surface area contributed by atoms with Gasteiger partial charge in [-0.05, 0) is 25.4 Å². The van der Waals surface area contributed by atoms with E-state index in [9.17, 15) is 4.79 Å². The van der Waals surface area contributed by atoms with Crippen LogP contribution in [-0.2, 0) is 18.4 Å². The molecule has 0 N–H and O–H groups in total. The van der Waals surface area contributed by atoms with Crippen molar-refractivity contribution in [3.8, 4) is 0 Å². The fourth-order valence-electron chi connectivity index (χ4n) is 1.48. The van der Waals surface area contributed by atoms with Crippen LogP contribution in [0.5, 0.6) is 0 Å². The van der Waals surface area contributed by atoms with Gasteiger partial charge in [0.25, 0.3) is 0 Å². The standard InChI is InChI=1S/C11H22O4Si/c1-6-11(12)15-10(3)8-9-16(7-2,13-4)14-5/h6,10H,1,7-9H2,2-5H3. The number of hydrogen-bond acceptors (Lipinski definition) is 4. The second-order valence-electron chi connectivity index (χ2n) is 3.66. The van der Waals surface area contributed by atoms with Gasteiger partial charge in [0.15, 0.2) is 0 Å². The third kappa shape index (κ3) is 4.91. The number of carbonyl (C=O) groups excluding carboxylic acids is 1. The van der Waals surface area contributed by atoms with E-state index in [1.54, 1.807) is 14.2 Å². The summed E-state index contributed by atoms with van der Waals surface area (Å²) in [6, 6.07) is 1.71. The maximum atomic E-state index is 11.0. The summed E-state index contributed by atoms with van der Waals surface area (Å²) in [6.07, 6.45) is 1.80. The summed E-state index contributed by atoms with van der Waals surface area (Å²) in [7, 11) is 1.30. The Bertz CT molecular complexity index is 218. The van der Waals surface area contributed by atoms with E-state index >= 15 is 0 Å². The molecular weight excluding hydrogens is 224 g/mol. The molecule has 0 radical (unpaired) electrons. The Balaban J connectivity index is 4.10. The minimum Gasteiger partial charge on any atom is -0.460 e. The number of rotatable bonds is 8. The molecule has 16 heavy (non-hydrogen) atoms. The first-order chi connectivity index (χ1) is 7.53. The molecule has 0 fully saturated rings. The molecule has 94 valence electrons. The normalized spacial score (nSPS) is 13.2. The molecule has 0 amide bonds. The summed E-state index contributed by atoms with van der Waals surface area (Å²) in [6.45, 7) is 7.27. The summed E-state index contributed by atoms with van der Waals surface area (Å²) in [5.74, 6) is -0.383. The van der Waals surface area contributed by atoms with Crippen molar-refractivity contribution in [1.82, 2.24) is 0 Å². The molecule has 0 aliphatic carbocycles. The van der Waals surface area contributed by atoms with Crippen LogP contribution in [0.25, 0.3) is 0 Å². The summed E-state index contributed by atoms with van der Waals surface area (Å²) in [5.41, 5.74) is 0. The molecule has 0 aromatic carbocycles. The van der Waals surface area contributed by atoms with Crippen molar-refractivity contribution in [2.24, 2.45) is 0 Å². The van der Waals surface area contributed by atoms with Gasteiger partial charge in [0.1, 0.15) is 0 Å². The van der Waals surface area contributed by atoms with Gasteiger partial charge in [-0.2, -0.15) is 0 Å². The van der Waals surface area contributed by atoms with Gasteiger partial charge in [0.05, 0.1) is 6.10 Å². The van der Waals surface area contributed by atoms with Crippen LogP contribution in [0, 0.1) is 0 Å². The number of ether oxygens (including phenoxy) is 1. The molecular formula is C11H22O4Si. The fourth-order valence-corrected chi connectivity index (χ4v) is 3.83. The van der Waals surface area contributed by atoms with Crippen LogP contribution in [0.2, 0.25) is 12.1 Å². The van der Waals surface area contributed by atoms with Crippen molar-refractivity contribution >= 4 is 14.5 Å². The Kier molecular flexibility index (Phi) is 7.28. The first-order valence-electron chi connectivity index (χ1n) is 5.47. The zero-order valence-corrected chi connectivity index (χ0v) is 11.6. The Labute approximate surface area is 98.8 Å². The number of hydrogen-bond donors (Lipinski definition) is 0. The molecule has 0 aromatic heterocycles. The van der Waals surface area contributed by atoms with Gasteiger partial charge in [-0.25, -0.2) is 4.79 Å². The van der Waals surface area contributed by atoms with E-state index < -0.39 is 8.56 Å². The first-order valence-corrected chi connectivity index (χ1v) is 7.70. The summed E-state index contributed by atoms with van der Waals surface area (Å²) >= 11 is 0. The van der Waals surface area contributed by atoms with Crippen LogP contribution in [0.15, 0.2) is 12.7 Å². The van der Waals surface area contributed by atoms with Gasteiger partial charge in [0, 0.05) is 20.3 Å². The van der Waals surface area contributed by atoms with E-state index in [1.165, 1.54) is 6.08 Å². The lowest BCUT2D eigenvalue weighted by Crippen LogP contribution is -2.39. The highest BCUT2D eigenvalue weighted by molar-refractivity contribution is 6.67. The molecule has 1 unspecified atom stereocenters. The third-order valence-corrected chi connectivity index (χ3v) is 6.31. The topological polar surface area (TPSA) is 44.8 Å². The molecule has 1 atom stereocenters. The minimum atomic E-state index is -2.06. The highest BCUT2D eigenvalue weighted by Gasteiger charge is 2.33. The second-order valence-corrected chi connectivity index (χ2v) is 7.51. The Morgan fingerprint density at radius 1 is 1.44 bits per heavy atom. The monoisotopic (exact) mass is 246 g/mol. The van der Waals surface area contributed by atoms with Crippen LogP contribution < -0.4 is 0 Å². The van der Waals surface area contributed by atoms with Gasteiger partial charge in [-0.3, -0.25) is 0 Å². The van der Waals surface area contributed by atoms with Gasteiger partial charge >= 0.3 is 14.5 Å². The predicted molar refractivity (Wildman–Crippen MR) is 65.4 cm³/mol. The molecule has 0 bridgehead atoms. The van der Waals surface area contributed by atoms with Crippen molar-refractivity contribution in [1.29, 1.82) is 0 Å². The van der Waals surface area contributed by atoms with E-state index in [0.717, 1.165) is 18.5 Å². The Morgan fingerprint density at radius 3 is 2.38 bits per heavy atom. The smallest absolute Gasteiger partial charge is 0.337 e. The van der Waals surface area contributed by atoms with Crippen LogP contribution in [0.1, 0.15) is 20.3 Å². The average molecular weight is 246 g/mol. The molecule has 0 saturated carbocycles. The minimum absolute atomic E-state index is 0.130. The molecule has 0 spiro atoms. The van der Waals surface area contributed by atoms with Gasteiger partial charge < -0.3 is 13.6 Å². The highest BCUT2D eigenvalue weighted by Crippen LogP contribution is 2.20. The zero-order valence-electron chi connectivity index (χ0n) is 10.6. The van der Waals surface area contributed by atoms with Gasteiger partial charge in [-0.15, -0.1) is 0 Å². The van der Waals surface area contributed by atoms with Gasteiger partial charge in [0.2, 0.25) is 0 Å². The maximum absolute atomic E-state index is 11.0. The van der Waals surface area contributed by atoms with E-state index in [0.29, 0.717) is 0 Å². The van der Waals surface area contributed by atoms with E-state index in [4.69, 9.17) is 13.6 Å². The summed E-state index contributed by atoms with van der Waals surface area (Å²) < 4.78 is 16.0. The molecule has 4 nitrogen and oxygen atoms in total. The fraction of sp³-hybridized carbons (Fsp3) is 0.727. The Morgan fingerprint density at radius 2 is 2.00 bits per heavy atom. The Hall–Kier alpha value is -0.653. The first kappa shape index (κ1) is 15.3. The zero-order chi connectivity index (χ0) is 12.6. The third-order valence-electron chi connectivity index (χ3n) is 2.70. The summed E-state index contributed by atoms with van der Waals surface area (Å²) in [5, 5.41) is 0. The summed E-state index contributed by atoms with van der Waals surface area (Å²) in [4.78, 5) is 11.0. The molecule has 0 rings (SSSR count). The lowest BCUT2D eigenvalue weighted by molar-refractivity contribution is -0.142. The van der Waals surface area contributed by atoms with Crippen LogP contribution >= 0.6 is 0 Å². The largest absolute Gasteiger partial charge is 0.460 e. The van der Waals surface area contributed by atoms with E-state index in [1.807, 2.05) is 6.92 Å². The lowest BCUT2D eigenvalue weighted by atomic mass is 10.3. The van der Waals surface area contributed by atoms with Gasteiger partial charge in [-0.1, -0.05) is 13.5 Å². The van der Waals surface area contributed by atoms with Crippen molar-refractivity contribution in [3.63, 3.8) is 0 Å². The van der Waals surface area contributed by atoms with Crippen molar-refractivity contribution in [2.45, 2.75) is 38.5 Å². The van der Waals surface area contributed by atoms with Crippen molar-refractivity contribution < 1.29 is 18.4 Å². The average Bonchev–Trinajstić information content (AvgIpc) is 2.31. The molecule has 0 aliphatic heterocycles. The van der Waals surface area contributed by atoms with Crippen molar-refractivity contribution in [2.75, 3.05) is 14.2 Å². The predicted octanol–water partition coefficient (Wildman–Crippen LogP) is 2.25. The van der Waals surface area contributed by atoms with Crippen LogP contribution in [0.4, 0.5) is 0 Å². The quantitative estimate of drug-likeness (QED) is 0.374. The number of esters is 1. The van der Waals surface area contributed by atoms with Crippen molar-refractivity contribution in [3.05, 3.63) is 12.7 Å². The molecule has 0 aromatic rings. The van der Waals surface area contributed by atoms with Crippen LogP contribution in [0.3, 0.4) is 0 Å². The molecule has 0 heterocycles. The second kappa shape index (κ2) is 7.59. The maximum Gasteiger partial charge on any atom is 0.337 e. The lowest BCUT2D eigenvalue weighted by Gasteiger charge is -2.27. The van der Waals surface area contributed by atoms with Crippen LogP contribution in [-0.4, -0.2) is 34.9 Å². The molecule has 0 saturated heterocycles. The molecule has 0 aliphatic rings. The highest BCUT2D eigenvalue weighted by atomic mass is 28.4.